The van der Waals surface area contributed by atoms with Crippen molar-refractivity contribution in [2.75, 3.05) is 13.3 Å². The lowest BCUT2D eigenvalue weighted by Gasteiger charge is -2.30. The zero-order valence-corrected chi connectivity index (χ0v) is 72.4. The minimum Gasteiger partial charge on any atom is -0.358 e. The van der Waals surface area contributed by atoms with Gasteiger partial charge in [0.05, 0.1) is 29.1 Å². The predicted octanol–water partition coefficient (Wildman–Crippen LogP) is 22.5. The second-order valence-electron chi connectivity index (χ2n) is 38.9. The third-order valence-corrected chi connectivity index (χ3v) is 18.5. The van der Waals surface area contributed by atoms with Crippen molar-refractivity contribution in [2.24, 2.45) is 0 Å². The molecule has 1 amide bonds. The van der Waals surface area contributed by atoms with Crippen LogP contribution in [0.4, 0.5) is 0 Å². The molecule has 105 heavy (non-hydrogen) atoms. The standard InChI is InChI=1S/C22H31NO2S.C20H28N2.C18H29N.C17H28N2O.C17H27N/c1-21(2,3)18-12-8-16(9-13-18)20(23-22(4,5)6)17-10-14-19(15-11-17)26(7,24)25;1-19(2,3)17-9-7-15(8-10-17)18(22-20(4,5)6)16-11-13-21-14-12-16;1-13(2)16(19-18(6,7)8)14-9-11-15(12-10-14)17(3,4)5;1-16(2,3)13-10-8-12(9-11-13)14(15(20)18-7)19-17(4,5)6;1-8-15(18-17(5,6)7)13-9-11-14(12-10-13)16(2,3)4/h8-15,20,23H,1-7H3;7-14,18,22H,1-6H3;9-12,16,19H,1H2,2-8H3;8-11,14,19H,1-7H3,(H,18,20);8-12,15,18H,1H2,2-7H3/t20-;18-;16-;14-;15-/m11010/s1. The molecule has 10 nitrogen and oxygen atoms in total. The summed E-state index contributed by atoms with van der Waals surface area (Å²) in [5.74, 6) is -0.0107. The summed E-state index contributed by atoms with van der Waals surface area (Å²) in [7, 11) is -1.52. The van der Waals surface area contributed by atoms with Gasteiger partial charge in [-0.25, -0.2) is 8.42 Å². The Balaban J connectivity index is 0.000000343. The normalized spacial score (nSPS) is 14.1. The Morgan fingerprint density at radius 2 is 0.590 bits per heavy atom. The summed E-state index contributed by atoms with van der Waals surface area (Å²) in [6.45, 7) is 75.8. The first-order valence-electron chi connectivity index (χ1n) is 37.7. The molecule has 0 spiro atoms. The van der Waals surface area contributed by atoms with Gasteiger partial charge in [-0.15, -0.1) is 6.58 Å². The fraction of sp³-hybridized carbons (Fsp3) is 0.511. The molecule has 1 aromatic heterocycles. The molecule has 1 heterocycles. The highest BCUT2D eigenvalue weighted by Crippen LogP contribution is 2.34. The van der Waals surface area contributed by atoms with Gasteiger partial charge in [-0.05, 0) is 229 Å². The number of hydrogen-bond acceptors (Lipinski definition) is 9. The highest BCUT2D eigenvalue weighted by atomic mass is 32.2. The zero-order chi connectivity index (χ0) is 80.5. The molecule has 0 unspecified atom stereocenters. The molecule has 6 N–H and O–H groups in total. The van der Waals surface area contributed by atoms with E-state index in [1.807, 2.05) is 42.7 Å². The molecular weight excluding hydrogens is 1310 g/mol. The Kier molecular flexibility index (Phi) is 32.8. The van der Waals surface area contributed by atoms with E-state index in [4.69, 9.17) is 0 Å². The number of benzene rings is 6. The SMILES string of the molecule is C=C(C)[C@H](NC(C)(C)C)c1ccc(C(C)(C)C)cc1.C=C[C@H](NC(C)(C)C)c1ccc(C(C)(C)C)cc1.CC(C)(C)N[C@@H](c1ccncc1)c1ccc(C(C)(C)C)cc1.CC(C)(C)N[C@H](c1ccc(C(C)(C)C)cc1)c1ccc(S(C)(=O)=O)cc1.CNC(=O)[C@H](NC(C)(C)C)c1ccc(C(C)(C)C)cc1. The van der Waals surface area contributed by atoms with E-state index >= 15 is 0 Å². The molecule has 11 heteroatoms. The molecule has 0 aliphatic carbocycles. The van der Waals surface area contributed by atoms with Crippen LogP contribution in [0.2, 0.25) is 0 Å². The summed E-state index contributed by atoms with van der Waals surface area (Å²) in [6, 6.07) is 55.3. The molecule has 0 saturated heterocycles. The van der Waals surface area contributed by atoms with Gasteiger partial charge < -0.3 is 26.6 Å². The average molecular weight is 1450 g/mol. The molecule has 0 radical (unpaired) electrons. The van der Waals surface area contributed by atoms with Crippen LogP contribution in [0.15, 0.2) is 200 Å². The number of rotatable bonds is 16. The molecule has 7 aromatic rings. The summed E-state index contributed by atoms with van der Waals surface area (Å²) < 4.78 is 23.5. The summed E-state index contributed by atoms with van der Waals surface area (Å²) in [4.78, 5) is 16.6. The van der Waals surface area contributed by atoms with Gasteiger partial charge >= 0.3 is 0 Å². The number of pyridine rings is 1. The third-order valence-electron chi connectivity index (χ3n) is 17.4. The largest absolute Gasteiger partial charge is 0.358 e. The van der Waals surface area contributed by atoms with Crippen LogP contribution in [0.1, 0.15) is 312 Å². The fourth-order valence-corrected chi connectivity index (χ4v) is 12.1. The van der Waals surface area contributed by atoms with E-state index in [9.17, 15) is 13.2 Å². The lowest BCUT2D eigenvalue weighted by atomic mass is 9.85. The van der Waals surface area contributed by atoms with Crippen molar-refractivity contribution in [2.45, 2.75) is 305 Å². The third kappa shape index (κ3) is 33.5. The first-order chi connectivity index (χ1) is 47.6. The molecule has 6 aromatic carbocycles. The van der Waals surface area contributed by atoms with E-state index in [0.29, 0.717) is 4.90 Å². The Labute approximate surface area is 641 Å². The molecule has 7 rings (SSSR count). The van der Waals surface area contributed by atoms with Gasteiger partial charge in [-0.1, -0.05) is 256 Å². The molecular formula is C94H143N7O3S. The highest BCUT2D eigenvalue weighted by Gasteiger charge is 2.28. The lowest BCUT2D eigenvalue weighted by Crippen LogP contribution is -2.45. The number of hydrogen-bond donors (Lipinski definition) is 6. The van der Waals surface area contributed by atoms with E-state index < -0.39 is 9.84 Å². The second-order valence-corrected chi connectivity index (χ2v) is 40.9. The smallest absolute Gasteiger partial charge is 0.241 e. The molecule has 578 valence electrons. The predicted molar refractivity (Wildman–Crippen MR) is 455 cm³/mol. The summed E-state index contributed by atoms with van der Waals surface area (Å²) >= 11 is 0. The molecule has 0 saturated carbocycles. The first kappa shape index (κ1) is 92.4. The molecule has 0 aliphatic heterocycles. The van der Waals surface area contributed by atoms with Crippen LogP contribution in [0, 0.1) is 0 Å². The van der Waals surface area contributed by atoms with Crippen LogP contribution >= 0.6 is 0 Å². The number of sulfone groups is 1. The van der Waals surface area contributed by atoms with Crippen molar-refractivity contribution in [3.05, 3.63) is 262 Å². The van der Waals surface area contributed by atoms with Gasteiger partial charge in [-0.3, -0.25) is 15.1 Å². The quantitative estimate of drug-likeness (QED) is 0.0523. The number of amides is 1. The molecule has 0 aliphatic rings. The minimum absolute atomic E-state index is 0.00220. The maximum absolute atomic E-state index is 12.1. The van der Waals surface area contributed by atoms with Crippen LogP contribution in [0.5, 0.6) is 0 Å². The number of nitrogens with one attached hydrogen (secondary N) is 6. The van der Waals surface area contributed by atoms with Crippen LogP contribution in [0.25, 0.3) is 0 Å². The topological polar surface area (TPSA) is 136 Å². The average Bonchev–Trinajstić information content (AvgIpc) is 0.824. The van der Waals surface area contributed by atoms with Gasteiger partial charge in [-0.2, -0.15) is 0 Å². The molecule has 5 atom stereocenters. The fourth-order valence-electron chi connectivity index (χ4n) is 11.5. The van der Waals surface area contributed by atoms with Gasteiger partial charge in [0.25, 0.3) is 0 Å². The Hall–Kier alpha value is -6.83. The monoisotopic (exact) mass is 1450 g/mol. The van der Waals surface area contributed by atoms with E-state index in [0.717, 1.165) is 16.7 Å². The molecule has 0 fully saturated rings. The van der Waals surface area contributed by atoms with E-state index in [-0.39, 0.29) is 90.9 Å². The Bertz CT molecular complexity index is 3880. The van der Waals surface area contributed by atoms with Crippen molar-refractivity contribution in [1.29, 1.82) is 0 Å². The van der Waals surface area contributed by atoms with Gasteiger partial charge in [0, 0.05) is 53.4 Å². The van der Waals surface area contributed by atoms with Gasteiger partial charge in [0.2, 0.25) is 5.91 Å². The second kappa shape index (κ2) is 37.3. The maximum Gasteiger partial charge on any atom is 0.241 e. The van der Waals surface area contributed by atoms with Gasteiger partial charge in [0.15, 0.2) is 9.84 Å². The number of likely N-dealkylation sites (N-methyl/N-ethyl adjacent to an activating group) is 1. The zero-order valence-electron chi connectivity index (χ0n) is 71.6. The highest BCUT2D eigenvalue weighted by molar-refractivity contribution is 7.90. The van der Waals surface area contributed by atoms with Crippen LogP contribution in [0.3, 0.4) is 0 Å². The minimum atomic E-state index is -3.19. The van der Waals surface area contributed by atoms with Gasteiger partial charge in [0.1, 0.15) is 6.04 Å². The summed E-state index contributed by atoms with van der Waals surface area (Å²) in [5, 5.41) is 20.7. The lowest BCUT2D eigenvalue weighted by molar-refractivity contribution is -0.123. The first-order valence-corrected chi connectivity index (χ1v) is 39.6. The summed E-state index contributed by atoms with van der Waals surface area (Å²) in [6.07, 6.45) is 6.92. The Morgan fingerprint density at radius 3 is 0.829 bits per heavy atom. The number of carbonyl (C=O) groups is 1. The van der Waals surface area contributed by atoms with E-state index in [2.05, 4.69) is 386 Å². The van der Waals surface area contributed by atoms with Crippen molar-refractivity contribution in [3.63, 3.8) is 0 Å². The van der Waals surface area contributed by atoms with Crippen LogP contribution < -0.4 is 31.9 Å². The van der Waals surface area contributed by atoms with Crippen molar-refractivity contribution in [1.82, 2.24) is 36.9 Å². The molecule has 0 bridgehead atoms. The van der Waals surface area contributed by atoms with Crippen LogP contribution in [-0.2, 0) is 41.7 Å². The maximum atomic E-state index is 12.1. The number of carbonyl (C=O) groups excluding carboxylic acids is 1. The number of aromatic nitrogens is 1. The summed E-state index contributed by atoms with van der Waals surface area (Å²) in [5.41, 5.74) is 16.9. The van der Waals surface area contributed by atoms with Crippen LogP contribution in [-0.4, -0.2) is 60.3 Å². The van der Waals surface area contributed by atoms with Crippen molar-refractivity contribution in [3.8, 4) is 0 Å². The number of nitrogens with zero attached hydrogens (tertiary/aromatic N) is 1. The Morgan fingerprint density at radius 1 is 0.352 bits per heavy atom. The van der Waals surface area contributed by atoms with E-state index in [1.165, 1.54) is 61.9 Å². The van der Waals surface area contributed by atoms with Crippen molar-refractivity contribution >= 4 is 15.7 Å². The van der Waals surface area contributed by atoms with Crippen molar-refractivity contribution < 1.29 is 13.2 Å². The van der Waals surface area contributed by atoms with E-state index in [1.54, 1.807) is 19.2 Å².